The van der Waals surface area contributed by atoms with Crippen molar-refractivity contribution in [3.05, 3.63) is 275 Å². The summed E-state index contributed by atoms with van der Waals surface area (Å²) in [6, 6.07) is 76.7. The highest BCUT2D eigenvalue weighted by Gasteiger charge is 2.48. The Morgan fingerprint density at radius 1 is 0.449 bits per heavy atom. The minimum atomic E-state index is -0.605. The van der Waals surface area contributed by atoms with Crippen LogP contribution in [-0.2, 0) is 10.8 Å². The van der Waals surface area contributed by atoms with Gasteiger partial charge in [-0.2, -0.15) is 0 Å². The van der Waals surface area contributed by atoms with Crippen LogP contribution < -0.4 is 9.80 Å². The number of hydrogen-bond donors (Lipinski definition) is 0. The quantitative estimate of drug-likeness (QED) is 0.150. The second-order valence-corrected chi connectivity index (χ2v) is 20.3. The molecule has 0 spiro atoms. The highest BCUT2D eigenvalue weighted by Crippen LogP contribution is 2.61. The van der Waals surface area contributed by atoms with Crippen molar-refractivity contribution < 1.29 is 0 Å². The minimum Gasteiger partial charge on any atom is -0.311 e. The fraction of sp³-hybridized carbons (Fsp3) is 0.134. The standard InChI is InChI=1S/C67H56N2/c1-44-26-39-57-59(40-44)46(3)60-42-62-63(43-61(57)60)67(48-29-27-47(28-30-48)66(4,5)6,64-41-45(2)56-24-16-17-25-58(56)65(62)64)49-31-33-53(34-32-49)69(52-22-14-9-15-23-52)55-37-35-54(36-38-55)68(50-18-10-7-11-19-50)51-20-12-8-13-21-51/h7-25,27-38,40-43H,3,26,39H2,1-2,4-6H3. The number of fused-ring (bicyclic) bond motifs is 7. The third-order valence-corrected chi connectivity index (χ3v) is 15.1. The molecule has 3 aliphatic carbocycles. The largest absolute Gasteiger partial charge is 0.311 e. The number of rotatable bonds is 8. The van der Waals surface area contributed by atoms with Crippen molar-refractivity contribution in [3.63, 3.8) is 0 Å². The van der Waals surface area contributed by atoms with Gasteiger partial charge in [-0.15, -0.1) is 0 Å². The second-order valence-electron chi connectivity index (χ2n) is 20.3. The maximum atomic E-state index is 4.77. The molecule has 0 N–H and O–H groups in total. The fourth-order valence-electron chi connectivity index (χ4n) is 11.7. The van der Waals surface area contributed by atoms with Gasteiger partial charge in [-0.1, -0.05) is 160 Å². The zero-order chi connectivity index (χ0) is 47.0. The molecule has 0 bridgehead atoms. The molecule has 0 radical (unpaired) electrons. The van der Waals surface area contributed by atoms with Crippen molar-refractivity contribution in [1.29, 1.82) is 0 Å². The Morgan fingerprint density at radius 3 is 1.43 bits per heavy atom. The lowest BCUT2D eigenvalue weighted by Crippen LogP contribution is -2.29. The van der Waals surface area contributed by atoms with Gasteiger partial charge in [-0.3, -0.25) is 0 Å². The molecule has 0 saturated carbocycles. The summed E-state index contributed by atoms with van der Waals surface area (Å²) in [5.74, 6) is 0. The normalized spacial score (nSPS) is 15.9. The molecule has 1 unspecified atom stereocenters. The third-order valence-electron chi connectivity index (χ3n) is 15.1. The Hall–Kier alpha value is -7.94. The average molecular weight is 889 g/mol. The van der Waals surface area contributed by atoms with E-state index in [1.54, 1.807) is 0 Å². The summed E-state index contributed by atoms with van der Waals surface area (Å²) < 4.78 is 0. The van der Waals surface area contributed by atoms with Gasteiger partial charge in [0.25, 0.3) is 0 Å². The van der Waals surface area contributed by atoms with Gasteiger partial charge in [0.2, 0.25) is 0 Å². The number of hydrogen-bond acceptors (Lipinski definition) is 2. The molecule has 0 fully saturated rings. The molecule has 0 saturated heterocycles. The van der Waals surface area contributed by atoms with Gasteiger partial charge in [-0.25, -0.2) is 0 Å². The monoisotopic (exact) mass is 888 g/mol. The lowest BCUT2D eigenvalue weighted by Gasteiger charge is -2.35. The van der Waals surface area contributed by atoms with Crippen molar-refractivity contribution in [1.82, 2.24) is 0 Å². The summed E-state index contributed by atoms with van der Waals surface area (Å²) in [6.07, 6.45) is 4.50. The van der Waals surface area contributed by atoms with Crippen LogP contribution in [-0.4, -0.2) is 0 Å². The van der Waals surface area contributed by atoms with E-state index in [9.17, 15) is 0 Å². The van der Waals surface area contributed by atoms with Crippen LogP contribution in [0.5, 0.6) is 0 Å². The molecular formula is C67H56N2. The summed E-state index contributed by atoms with van der Waals surface area (Å²) in [5, 5.41) is 2.60. The molecule has 2 heteroatoms. The molecule has 2 nitrogen and oxygen atoms in total. The van der Waals surface area contributed by atoms with Crippen molar-refractivity contribution in [2.24, 2.45) is 0 Å². The van der Waals surface area contributed by atoms with Crippen molar-refractivity contribution in [2.75, 3.05) is 9.80 Å². The maximum absolute atomic E-state index is 4.77. The number of nitrogens with zero attached hydrogens (tertiary/aromatic N) is 2. The summed E-state index contributed by atoms with van der Waals surface area (Å²) in [5.41, 5.74) is 24.4. The Kier molecular flexibility index (Phi) is 10.1. The first kappa shape index (κ1) is 42.4. The van der Waals surface area contributed by atoms with Gasteiger partial charge < -0.3 is 9.80 Å². The van der Waals surface area contributed by atoms with Gasteiger partial charge in [0.05, 0.1) is 5.41 Å². The first-order valence-electron chi connectivity index (χ1n) is 24.5. The van der Waals surface area contributed by atoms with Crippen LogP contribution in [0.3, 0.4) is 0 Å². The van der Waals surface area contributed by atoms with E-state index >= 15 is 0 Å². The number of para-hydroxylation sites is 3. The predicted molar refractivity (Wildman–Crippen MR) is 293 cm³/mol. The summed E-state index contributed by atoms with van der Waals surface area (Å²) in [6.45, 7) is 16.2. The van der Waals surface area contributed by atoms with E-state index in [0.717, 1.165) is 52.5 Å². The van der Waals surface area contributed by atoms with E-state index in [0.29, 0.717) is 0 Å². The number of anilines is 6. The molecule has 0 amide bonds. The first-order valence-corrected chi connectivity index (χ1v) is 24.5. The molecule has 1 atom stereocenters. The van der Waals surface area contributed by atoms with Crippen molar-refractivity contribution in [2.45, 2.75) is 58.3 Å². The molecule has 9 aromatic rings. The SMILES string of the molecule is C=C1C2=C(CCC(C)=C2)c2cc3c(cc21)-c1c(cc(C)c2ccccc12)C3(c1ccc(N(c2ccccc2)c2ccc(N(c3ccccc3)c3ccccc3)cc2)cc1)c1ccc(C(C)(C)C)cc1. The topological polar surface area (TPSA) is 6.48 Å². The lowest BCUT2D eigenvalue weighted by molar-refractivity contribution is 0.589. The number of allylic oxidation sites excluding steroid dienone is 5. The van der Waals surface area contributed by atoms with Gasteiger partial charge >= 0.3 is 0 Å². The van der Waals surface area contributed by atoms with Gasteiger partial charge in [-0.05, 0) is 200 Å². The van der Waals surface area contributed by atoms with Crippen LogP contribution >= 0.6 is 0 Å². The molecule has 12 rings (SSSR count). The molecule has 0 aliphatic heterocycles. The van der Waals surface area contributed by atoms with Gasteiger partial charge in [0.1, 0.15) is 0 Å². The van der Waals surface area contributed by atoms with E-state index in [1.165, 1.54) is 83.1 Å². The van der Waals surface area contributed by atoms with Crippen LogP contribution in [0.1, 0.15) is 85.0 Å². The Labute approximate surface area is 407 Å². The molecule has 9 aromatic carbocycles. The maximum Gasteiger partial charge on any atom is 0.0714 e. The Morgan fingerprint density at radius 2 is 0.913 bits per heavy atom. The lowest BCUT2D eigenvalue weighted by atomic mass is 9.66. The molecule has 3 aliphatic rings. The van der Waals surface area contributed by atoms with Gasteiger partial charge in [0.15, 0.2) is 0 Å². The first-order chi connectivity index (χ1) is 33.6. The zero-order valence-electron chi connectivity index (χ0n) is 40.2. The minimum absolute atomic E-state index is 0.0167. The summed E-state index contributed by atoms with van der Waals surface area (Å²) in [7, 11) is 0. The van der Waals surface area contributed by atoms with Crippen LogP contribution in [0.2, 0.25) is 0 Å². The Balaban J connectivity index is 1.06. The highest BCUT2D eigenvalue weighted by molar-refractivity contribution is 6.09. The molecule has 69 heavy (non-hydrogen) atoms. The van der Waals surface area contributed by atoms with Crippen LogP contribution in [0, 0.1) is 6.92 Å². The van der Waals surface area contributed by atoms with E-state index in [-0.39, 0.29) is 5.41 Å². The Bertz CT molecular complexity index is 3480. The molecule has 0 heterocycles. The zero-order valence-corrected chi connectivity index (χ0v) is 40.2. The second kappa shape index (κ2) is 16.4. The summed E-state index contributed by atoms with van der Waals surface area (Å²) in [4.78, 5) is 4.70. The van der Waals surface area contributed by atoms with Crippen LogP contribution in [0.15, 0.2) is 230 Å². The van der Waals surface area contributed by atoms with Crippen LogP contribution in [0.25, 0.3) is 33.0 Å². The smallest absolute Gasteiger partial charge is 0.0714 e. The van der Waals surface area contributed by atoms with E-state index in [2.05, 4.69) is 257 Å². The molecule has 334 valence electrons. The number of aryl methyl sites for hydroxylation is 1. The average Bonchev–Trinajstić information content (AvgIpc) is 3.82. The summed E-state index contributed by atoms with van der Waals surface area (Å²) >= 11 is 0. The van der Waals surface area contributed by atoms with Crippen molar-refractivity contribution >= 4 is 56.0 Å². The third kappa shape index (κ3) is 6.84. The van der Waals surface area contributed by atoms with E-state index in [1.807, 2.05) is 0 Å². The van der Waals surface area contributed by atoms with Crippen molar-refractivity contribution in [3.8, 4) is 11.1 Å². The van der Waals surface area contributed by atoms with Gasteiger partial charge in [0, 0.05) is 34.1 Å². The predicted octanol–water partition coefficient (Wildman–Crippen LogP) is 18.3. The highest BCUT2D eigenvalue weighted by atomic mass is 15.2. The molecule has 0 aromatic heterocycles. The fourth-order valence-corrected chi connectivity index (χ4v) is 11.7. The molecular weight excluding hydrogens is 833 g/mol. The number of benzene rings is 9. The van der Waals surface area contributed by atoms with Crippen LogP contribution in [0.4, 0.5) is 34.1 Å². The van der Waals surface area contributed by atoms with E-state index < -0.39 is 5.41 Å². The van der Waals surface area contributed by atoms with E-state index in [4.69, 9.17) is 6.58 Å².